The van der Waals surface area contributed by atoms with E-state index in [1.807, 2.05) is 12.1 Å². The number of rotatable bonds is 10. The summed E-state index contributed by atoms with van der Waals surface area (Å²) in [5.74, 6) is -3.08. The van der Waals surface area contributed by atoms with E-state index in [2.05, 4.69) is 392 Å². The summed E-state index contributed by atoms with van der Waals surface area (Å²) in [6.07, 6.45) is 0. The zero-order valence-corrected chi connectivity index (χ0v) is 63.0. The molecule has 0 heterocycles. The molecule has 0 aromatic heterocycles. The number of benzene rings is 17. The molecule has 24 rings (SSSR count). The van der Waals surface area contributed by atoms with Gasteiger partial charge in [0.2, 0.25) is 5.69 Å². The lowest BCUT2D eigenvalue weighted by Gasteiger charge is -2.37. The Labute approximate surface area is 673 Å². The zero-order valence-electron chi connectivity index (χ0n) is 63.0. The average molecular weight is 1470 g/mol. The minimum Gasteiger partial charge on any atom is -0.319 e. The van der Waals surface area contributed by atoms with Gasteiger partial charge in [-0.05, 0) is 192 Å². The van der Waals surface area contributed by atoms with Gasteiger partial charge in [0.05, 0.1) is 63.6 Å². The van der Waals surface area contributed by atoms with E-state index in [1.165, 1.54) is 44.5 Å². The van der Waals surface area contributed by atoms with Crippen molar-refractivity contribution < 1.29 is 4.79 Å². The molecule has 2 spiro atoms. The lowest BCUT2D eigenvalue weighted by atomic mass is 9.70. The number of carbonyl (C=O) groups excluding carboxylic acids is 1. The van der Waals surface area contributed by atoms with Crippen molar-refractivity contribution >= 4 is 45.6 Å². The third-order valence-electron chi connectivity index (χ3n) is 26.8. The number of ketones is 1. The van der Waals surface area contributed by atoms with Crippen molar-refractivity contribution in [3.63, 3.8) is 0 Å². The number of hydrogen-bond acceptors (Lipinski definition) is 4. The normalized spacial score (nSPS) is 15.5. The molecule has 5 nitrogen and oxygen atoms in total. The van der Waals surface area contributed by atoms with Crippen molar-refractivity contribution in [2.45, 2.75) is 34.5 Å². The van der Waals surface area contributed by atoms with Crippen LogP contribution in [0, 0.1) is 17.9 Å². The van der Waals surface area contributed by atoms with Gasteiger partial charge in [-0.1, -0.05) is 352 Å². The highest BCUT2D eigenvalue weighted by molar-refractivity contribution is 6.14. The van der Waals surface area contributed by atoms with Crippen molar-refractivity contribution in [3.05, 3.63) is 483 Å². The molecular weight excluding hydrogens is 1410 g/mol. The quantitative estimate of drug-likeness (QED) is 0.128. The van der Waals surface area contributed by atoms with Crippen LogP contribution in [0.3, 0.4) is 0 Å². The van der Waals surface area contributed by atoms with Gasteiger partial charge in [0.15, 0.2) is 0 Å². The molecule has 5 heteroatoms. The molecule has 0 bridgehead atoms. The maximum atomic E-state index is 19.0. The lowest BCUT2D eigenvalue weighted by Crippen LogP contribution is -2.26. The molecule has 2 atom stereocenters. The van der Waals surface area contributed by atoms with E-state index >= 15 is 4.79 Å². The Hall–Kier alpha value is -15.0. The highest BCUT2D eigenvalue weighted by Crippen LogP contribution is 2.72. The Bertz CT molecular complexity index is 6570. The van der Waals surface area contributed by atoms with Crippen LogP contribution in [0.1, 0.15) is 107 Å². The second kappa shape index (κ2) is 25.0. The molecule has 0 radical (unpaired) electrons. The molecule has 0 amide bonds. The molecule has 0 saturated carbocycles. The zero-order chi connectivity index (χ0) is 76.6. The van der Waals surface area contributed by atoms with Crippen LogP contribution in [0.2, 0.25) is 0 Å². The summed E-state index contributed by atoms with van der Waals surface area (Å²) < 4.78 is 0. The molecule has 0 fully saturated rings. The van der Waals surface area contributed by atoms with E-state index in [4.69, 9.17) is 4.85 Å². The molecule has 0 aliphatic heterocycles. The first-order chi connectivity index (χ1) is 57.5. The third kappa shape index (κ3) is 8.68. The largest absolute Gasteiger partial charge is 0.319 e. The van der Waals surface area contributed by atoms with Crippen molar-refractivity contribution in [2.75, 3.05) is 9.80 Å². The lowest BCUT2D eigenvalue weighted by molar-refractivity contribution is -0.121. The molecular formula is C111H68N4O. The molecule has 7 aliphatic carbocycles. The summed E-state index contributed by atoms with van der Waals surface area (Å²) >= 11 is 0. The van der Waals surface area contributed by atoms with Gasteiger partial charge in [0, 0.05) is 34.3 Å². The maximum absolute atomic E-state index is 19.0. The highest BCUT2D eigenvalue weighted by Gasteiger charge is 2.59. The van der Waals surface area contributed by atoms with E-state index in [0.717, 1.165) is 140 Å². The molecule has 538 valence electrons. The van der Waals surface area contributed by atoms with E-state index in [1.54, 1.807) is 0 Å². The third-order valence-corrected chi connectivity index (χ3v) is 26.8. The van der Waals surface area contributed by atoms with Gasteiger partial charge < -0.3 is 9.80 Å². The minimum atomic E-state index is -0.977. The van der Waals surface area contributed by atoms with Gasteiger partial charge in [-0.3, -0.25) is 4.79 Å². The fraction of sp³-hybridized carbons (Fsp3) is 0.0541. The van der Waals surface area contributed by atoms with Crippen LogP contribution in [0.4, 0.5) is 39.8 Å². The standard InChI is InChI=1S/C111H68N4O/c1-113-106-87(66-112)107(114(71-62-58-69(59-63-71)67-30-4-2-5-31-67)96-56-28-54-94-100(96)85-46-20-26-52-92(85)110(94)88-48-22-16-38-77(88)78-39-17-23-49-89(78)110)102-103(105(99-83-44-14-10-36-75(83)76-37-11-15-45-84(76)99)109(116)104(102)98-81-42-12-8-34-73(81)74-35-9-13-43-82(74)98)108(106)115(72-64-60-70(61-65-72)68-32-6-3-7-33-68)97-57-29-55-95-101(97)86-47-21-27-53-93(86)111(95)90-50-24-18-40-79(90)80-41-19-25-51-91(80)111/h2-65,98-99,104-105H. The van der Waals surface area contributed by atoms with Crippen LogP contribution in [-0.2, 0) is 15.6 Å². The Morgan fingerprint density at radius 3 is 0.897 bits per heavy atom. The first kappa shape index (κ1) is 65.7. The molecule has 116 heavy (non-hydrogen) atoms. The molecule has 17 aromatic carbocycles. The van der Waals surface area contributed by atoms with Gasteiger partial charge in [0.25, 0.3) is 0 Å². The Balaban J connectivity index is 0.889. The second-order valence-corrected chi connectivity index (χ2v) is 31.8. The molecule has 2 unspecified atom stereocenters. The van der Waals surface area contributed by atoms with Crippen LogP contribution in [0.15, 0.2) is 388 Å². The van der Waals surface area contributed by atoms with Crippen LogP contribution in [-0.4, -0.2) is 5.78 Å². The van der Waals surface area contributed by atoms with E-state index < -0.39 is 34.5 Å². The first-order valence-corrected chi connectivity index (χ1v) is 40.2. The van der Waals surface area contributed by atoms with E-state index in [9.17, 15) is 11.8 Å². The fourth-order valence-corrected chi connectivity index (χ4v) is 22.6. The van der Waals surface area contributed by atoms with Gasteiger partial charge in [0.1, 0.15) is 5.78 Å². The van der Waals surface area contributed by atoms with Gasteiger partial charge in [-0.2, -0.15) is 5.26 Å². The predicted octanol–water partition coefficient (Wildman–Crippen LogP) is 27.4. The molecule has 7 aliphatic rings. The summed E-state index contributed by atoms with van der Waals surface area (Å²) in [5.41, 5.74) is 35.1. The number of nitriles is 1. The summed E-state index contributed by atoms with van der Waals surface area (Å²) in [4.78, 5) is 28.7. The van der Waals surface area contributed by atoms with Crippen molar-refractivity contribution in [3.8, 4) is 95.1 Å². The number of nitrogens with zero attached hydrogens (tertiary/aromatic N) is 4. The molecule has 0 N–H and O–H groups in total. The van der Waals surface area contributed by atoms with Crippen LogP contribution in [0.5, 0.6) is 0 Å². The van der Waals surface area contributed by atoms with Gasteiger partial charge >= 0.3 is 0 Å². The number of hydrogen-bond donors (Lipinski definition) is 0. The van der Waals surface area contributed by atoms with E-state index in [-0.39, 0.29) is 17.0 Å². The summed E-state index contributed by atoms with van der Waals surface area (Å²) in [6, 6.07) is 143. The number of anilines is 6. The van der Waals surface area contributed by atoms with Crippen molar-refractivity contribution in [2.24, 2.45) is 0 Å². The highest BCUT2D eigenvalue weighted by atomic mass is 16.1. The number of Topliss-reactive ketones (excluding diaryl/α,β-unsaturated/α-hetero) is 1. The summed E-state index contributed by atoms with van der Waals surface area (Å²) in [7, 11) is 0. The molecule has 17 aromatic rings. The second-order valence-electron chi connectivity index (χ2n) is 31.8. The minimum absolute atomic E-state index is 0.0174. The smallest absolute Gasteiger partial charge is 0.230 e. The maximum Gasteiger partial charge on any atom is 0.230 e. The van der Waals surface area contributed by atoms with Crippen LogP contribution < -0.4 is 9.80 Å². The van der Waals surface area contributed by atoms with E-state index in [0.29, 0.717) is 16.9 Å². The summed E-state index contributed by atoms with van der Waals surface area (Å²) in [6.45, 7) is 10.6. The predicted molar refractivity (Wildman–Crippen MR) is 468 cm³/mol. The first-order valence-electron chi connectivity index (χ1n) is 40.2. The van der Waals surface area contributed by atoms with Gasteiger partial charge in [-0.25, -0.2) is 4.85 Å². The Morgan fingerprint density at radius 2 is 0.552 bits per heavy atom. The molecule has 0 saturated heterocycles. The van der Waals surface area contributed by atoms with Crippen LogP contribution in [0.25, 0.3) is 93.9 Å². The monoisotopic (exact) mass is 1470 g/mol. The van der Waals surface area contributed by atoms with Crippen molar-refractivity contribution in [1.29, 1.82) is 5.26 Å². The SMILES string of the molecule is [C-]#[N+]c1c(C#N)c(N(c2ccc(-c3ccccc3)cc2)c2cccc3c2-c2ccccc2C32c3ccccc3-c3ccccc32)c2c(c1N(c1ccc(-c3ccccc3)cc1)c1cccc3c1-c1ccccc1C31c3ccccc3-c3ccccc31)C(C1c3ccccc3-c3ccccc31)C(=O)C2C1c2ccccc2-c2ccccc21. The van der Waals surface area contributed by atoms with Crippen LogP contribution >= 0.6 is 0 Å². The Kier molecular flexibility index (Phi) is 14.2. The number of carbonyl (C=O) groups is 1. The topological polar surface area (TPSA) is 51.7 Å². The fourth-order valence-electron chi connectivity index (χ4n) is 22.6. The van der Waals surface area contributed by atoms with Gasteiger partial charge in [-0.15, -0.1) is 0 Å². The Morgan fingerprint density at radius 1 is 0.276 bits per heavy atom. The number of fused-ring (bicyclic) bond motifs is 27. The average Bonchev–Trinajstić information content (AvgIpc) is 1.51. The van der Waals surface area contributed by atoms with Crippen molar-refractivity contribution in [1.82, 2.24) is 0 Å². The summed E-state index contributed by atoms with van der Waals surface area (Å²) in [5, 5.41) is 13.6.